The molecule has 1 aromatic heterocycles. The Kier molecular flexibility index (Phi) is 4.76. The number of nitrogens with one attached hydrogen (secondary N) is 1. The van der Waals surface area contributed by atoms with Crippen LogP contribution in [0.2, 0.25) is 5.02 Å². The summed E-state index contributed by atoms with van der Waals surface area (Å²) in [6, 6.07) is 7.10. The topological polar surface area (TPSA) is 81.1 Å². The molecule has 1 atom stereocenters. The predicted octanol–water partition coefficient (Wildman–Crippen LogP) is 2.00. The Labute approximate surface area is 122 Å². The molecule has 5 nitrogen and oxygen atoms in total. The van der Waals surface area contributed by atoms with Crippen LogP contribution in [0.4, 0.5) is 0 Å². The third kappa shape index (κ3) is 3.82. The number of benzene rings is 1. The van der Waals surface area contributed by atoms with Crippen molar-refractivity contribution in [2.45, 2.75) is 19.4 Å². The van der Waals surface area contributed by atoms with E-state index >= 15 is 0 Å². The third-order valence-corrected chi connectivity index (χ3v) is 3.00. The molecule has 0 fully saturated rings. The smallest absolute Gasteiger partial charge is 0.226 e. The van der Waals surface area contributed by atoms with E-state index in [9.17, 15) is 4.79 Å². The van der Waals surface area contributed by atoms with Gasteiger partial charge in [-0.3, -0.25) is 4.79 Å². The van der Waals surface area contributed by atoms with Crippen molar-refractivity contribution in [3.8, 4) is 11.5 Å². The zero-order valence-electron chi connectivity index (χ0n) is 11.1. The highest BCUT2D eigenvalue weighted by Crippen LogP contribution is 2.20. The van der Waals surface area contributed by atoms with Crippen LogP contribution in [-0.4, -0.2) is 23.5 Å². The Balaban J connectivity index is 2.02. The molecule has 6 heteroatoms. The molecule has 0 aliphatic heterocycles. The lowest BCUT2D eigenvalue weighted by Gasteiger charge is -2.09. The van der Waals surface area contributed by atoms with Crippen molar-refractivity contribution in [2.24, 2.45) is 5.73 Å². The normalized spacial score (nSPS) is 12.2. The summed E-state index contributed by atoms with van der Waals surface area (Å²) in [6.45, 7) is 2.25. The molecule has 3 N–H and O–H groups in total. The molecule has 0 saturated heterocycles. The van der Waals surface area contributed by atoms with Gasteiger partial charge in [-0.2, -0.15) is 0 Å². The first-order chi connectivity index (χ1) is 9.58. The molecule has 0 aliphatic rings. The van der Waals surface area contributed by atoms with Crippen molar-refractivity contribution in [3.05, 3.63) is 41.2 Å². The van der Waals surface area contributed by atoms with E-state index in [4.69, 9.17) is 21.8 Å². The molecular formula is C14H16ClN3O2. The van der Waals surface area contributed by atoms with E-state index in [-0.39, 0.29) is 18.4 Å². The molecule has 0 spiro atoms. The van der Waals surface area contributed by atoms with Crippen LogP contribution in [0, 0.1) is 0 Å². The Bertz CT molecular complexity index is 580. The van der Waals surface area contributed by atoms with Gasteiger partial charge in [-0.15, -0.1) is 0 Å². The monoisotopic (exact) mass is 293 g/mol. The summed E-state index contributed by atoms with van der Waals surface area (Å²) in [7, 11) is 0. The van der Waals surface area contributed by atoms with Crippen LogP contribution in [0.25, 0.3) is 11.5 Å². The van der Waals surface area contributed by atoms with Crippen LogP contribution in [0.15, 0.2) is 34.9 Å². The Morgan fingerprint density at radius 3 is 2.80 bits per heavy atom. The number of amides is 1. The number of nitrogens with zero attached hydrogens (tertiary/aromatic N) is 1. The van der Waals surface area contributed by atoms with E-state index in [0.29, 0.717) is 23.2 Å². The van der Waals surface area contributed by atoms with Gasteiger partial charge in [0.2, 0.25) is 11.8 Å². The maximum absolute atomic E-state index is 11.7. The fraction of sp³-hybridized carbons (Fsp3) is 0.286. The van der Waals surface area contributed by atoms with Crippen molar-refractivity contribution >= 4 is 17.5 Å². The van der Waals surface area contributed by atoms with Crippen LogP contribution < -0.4 is 11.1 Å². The number of hydrogen-bond acceptors (Lipinski definition) is 4. The van der Waals surface area contributed by atoms with Crippen LogP contribution >= 0.6 is 11.6 Å². The number of halogens is 1. The van der Waals surface area contributed by atoms with E-state index < -0.39 is 0 Å². The van der Waals surface area contributed by atoms with Gasteiger partial charge in [0.1, 0.15) is 6.26 Å². The second-order valence-electron chi connectivity index (χ2n) is 4.53. The molecule has 20 heavy (non-hydrogen) atoms. The van der Waals surface area contributed by atoms with E-state index in [2.05, 4.69) is 10.3 Å². The first kappa shape index (κ1) is 14.6. The number of oxazole rings is 1. The Hall–Kier alpha value is -1.85. The minimum absolute atomic E-state index is 0.0508. The van der Waals surface area contributed by atoms with Gasteiger partial charge >= 0.3 is 0 Å². The van der Waals surface area contributed by atoms with Crippen molar-refractivity contribution < 1.29 is 9.21 Å². The first-order valence-corrected chi connectivity index (χ1v) is 6.66. The van der Waals surface area contributed by atoms with Crippen LogP contribution in [0.5, 0.6) is 0 Å². The zero-order chi connectivity index (χ0) is 14.5. The van der Waals surface area contributed by atoms with Crippen LogP contribution in [0.1, 0.15) is 12.6 Å². The lowest BCUT2D eigenvalue weighted by atomic mass is 10.2. The van der Waals surface area contributed by atoms with Gasteiger partial charge in [0, 0.05) is 23.2 Å². The summed E-state index contributed by atoms with van der Waals surface area (Å²) in [6.07, 6.45) is 1.65. The second kappa shape index (κ2) is 6.54. The van der Waals surface area contributed by atoms with Gasteiger partial charge in [-0.05, 0) is 31.2 Å². The van der Waals surface area contributed by atoms with Crippen molar-refractivity contribution in [1.82, 2.24) is 10.3 Å². The number of aromatic nitrogens is 1. The van der Waals surface area contributed by atoms with Gasteiger partial charge < -0.3 is 15.5 Å². The van der Waals surface area contributed by atoms with Gasteiger partial charge in [-0.25, -0.2) is 4.98 Å². The molecule has 0 radical (unpaired) electrons. The number of carbonyl (C=O) groups excluding carboxylic acids is 1. The molecule has 0 bridgehead atoms. The van der Waals surface area contributed by atoms with E-state index in [1.165, 1.54) is 6.26 Å². The van der Waals surface area contributed by atoms with Gasteiger partial charge in [-0.1, -0.05) is 11.6 Å². The van der Waals surface area contributed by atoms with Gasteiger partial charge in [0.15, 0.2) is 0 Å². The Morgan fingerprint density at radius 1 is 1.45 bits per heavy atom. The lowest BCUT2D eigenvalue weighted by Crippen LogP contribution is -2.38. The summed E-state index contributed by atoms with van der Waals surface area (Å²) in [5.74, 6) is 0.343. The van der Waals surface area contributed by atoms with Crippen molar-refractivity contribution in [3.63, 3.8) is 0 Å². The molecule has 2 rings (SSSR count). The molecule has 106 valence electrons. The number of nitrogens with two attached hydrogens (primary N) is 1. The number of carbonyl (C=O) groups is 1. The average molecular weight is 294 g/mol. The molecule has 2 aromatic rings. The fourth-order valence-electron chi connectivity index (χ4n) is 1.66. The molecule has 0 unspecified atom stereocenters. The van der Waals surface area contributed by atoms with E-state index in [1.54, 1.807) is 12.1 Å². The van der Waals surface area contributed by atoms with Gasteiger partial charge in [0.05, 0.1) is 12.1 Å². The van der Waals surface area contributed by atoms with Gasteiger partial charge in [0.25, 0.3) is 0 Å². The summed E-state index contributed by atoms with van der Waals surface area (Å²) >= 11 is 5.82. The SMILES string of the molecule is C[C@@H](CN)NC(=O)Cc1coc(-c2ccc(Cl)cc2)n1. The maximum Gasteiger partial charge on any atom is 0.226 e. The zero-order valence-corrected chi connectivity index (χ0v) is 11.9. The average Bonchev–Trinajstić information content (AvgIpc) is 2.87. The number of hydrogen-bond donors (Lipinski definition) is 2. The van der Waals surface area contributed by atoms with Crippen molar-refractivity contribution in [2.75, 3.05) is 6.54 Å². The van der Waals surface area contributed by atoms with Crippen LogP contribution in [0.3, 0.4) is 0 Å². The quantitative estimate of drug-likeness (QED) is 0.883. The molecule has 1 aromatic carbocycles. The fourth-order valence-corrected chi connectivity index (χ4v) is 1.79. The standard InChI is InChI=1S/C14H16ClN3O2/c1-9(7-16)17-13(19)6-12-8-20-14(18-12)10-2-4-11(15)5-3-10/h2-5,8-9H,6-7,16H2,1H3,(H,17,19)/t9-/m0/s1. The maximum atomic E-state index is 11.7. The third-order valence-electron chi connectivity index (χ3n) is 2.75. The first-order valence-electron chi connectivity index (χ1n) is 6.28. The lowest BCUT2D eigenvalue weighted by molar-refractivity contribution is -0.121. The van der Waals surface area contributed by atoms with Crippen molar-refractivity contribution in [1.29, 1.82) is 0 Å². The molecule has 0 saturated carbocycles. The highest BCUT2D eigenvalue weighted by Gasteiger charge is 2.11. The minimum Gasteiger partial charge on any atom is -0.444 e. The number of rotatable bonds is 5. The largest absolute Gasteiger partial charge is 0.444 e. The van der Waals surface area contributed by atoms with E-state index in [0.717, 1.165) is 5.56 Å². The highest BCUT2D eigenvalue weighted by atomic mass is 35.5. The Morgan fingerprint density at radius 2 is 2.15 bits per heavy atom. The molecular weight excluding hydrogens is 278 g/mol. The highest BCUT2D eigenvalue weighted by molar-refractivity contribution is 6.30. The predicted molar refractivity (Wildman–Crippen MR) is 77.3 cm³/mol. The molecule has 1 heterocycles. The summed E-state index contributed by atoms with van der Waals surface area (Å²) in [5.41, 5.74) is 6.84. The second-order valence-corrected chi connectivity index (χ2v) is 4.97. The van der Waals surface area contributed by atoms with Crippen LogP contribution in [-0.2, 0) is 11.2 Å². The molecule has 1 amide bonds. The van der Waals surface area contributed by atoms with E-state index in [1.807, 2.05) is 19.1 Å². The summed E-state index contributed by atoms with van der Waals surface area (Å²) < 4.78 is 5.36. The molecule has 0 aliphatic carbocycles. The summed E-state index contributed by atoms with van der Waals surface area (Å²) in [4.78, 5) is 16.0. The minimum atomic E-state index is -0.126. The summed E-state index contributed by atoms with van der Waals surface area (Å²) in [5, 5.41) is 3.42.